The largest absolute Gasteiger partial charge is 0.317 e. The number of hydrogen-bond acceptors (Lipinski definition) is 2. The normalized spacial score (nSPS) is 20.8. The molecule has 0 aliphatic carbocycles. The molecule has 1 unspecified atom stereocenters. The Kier molecular flexibility index (Phi) is 6.26. The average molecular weight is 212 g/mol. The van der Waals surface area contributed by atoms with Crippen molar-refractivity contribution in [3.63, 3.8) is 0 Å². The molecule has 1 atom stereocenters. The zero-order valence-electron chi connectivity index (χ0n) is 10.8. The first-order valence-electron chi connectivity index (χ1n) is 6.65. The first-order chi connectivity index (χ1) is 7.24. The summed E-state index contributed by atoms with van der Waals surface area (Å²) in [6.45, 7) is 8.37. The zero-order valence-corrected chi connectivity index (χ0v) is 10.8. The minimum Gasteiger partial charge on any atom is -0.317 e. The molecule has 2 heteroatoms. The van der Waals surface area contributed by atoms with E-state index in [2.05, 4.69) is 31.1 Å². The lowest BCUT2D eigenvalue weighted by Crippen LogP contribution is -2.41. The van der Waals surface area contributed by atoms with Crippen LogP contribution in [0.2, 0.25) is 0 Å². The third-order valence-corrected chi connectivity index (χ3v) is 3.69. The monoisotopic (exact) mass is 212 g/mol. The van der Waals surface area contributed by atoms with E-state index in [4.69, 9.17) is 0 Å². The Morgan fingerprint density at radius 1 is 1.27 bits per heavy atom. The predicted octanol–water partition coefficient (Wildman–Crippen LogP) is 2.50. The van der Waals surface area contributed by atoms with Crippen molar-refractivity contribution in [2.24, 2.45) is 5.92 Å². The summed E-state index contributed by atoms with van der Waals surface area (Å²) < 4.78 is 0. The smallest absolute Gasteiger partial charge is 0.0116 e. The quantitative estimate of drug-likeness (QED) is 0.728. The average Bonchev–Trinajstić information content (AvgIpc) is 2.27. The molecule has 1 N–H and O–H groups in total. The Morgan fingerprint density at radius 3 is 2.53 bits per heavy atom. The summed E-state index contributed by atoms with van der Waals surface area (Å²) in [5, 5.41) is 3.43. The van der Waals surface area contributed by atoms with Gasteiger partial charge in [-0.05, 0) is 51.9 Å². The second-order valence-electron chi connectivity index (χ2n) is 5.14. The van der Waals surface area contributed by atoms with Gasteiger partial charge in [-0.15, -0.1) is 0 Å². The fourth-order valence-corrected chi connectivity index (χ4v) is 2.49. The molecule has 0 aromatic carbocycles. The van der Waals surface area contributed by atoms with E-state index >= 15 is 0 Å². The van der Waals surface area contributed by atoms with Crippen LogP contribution in [0.5, 0.6) is 0 Å². The molecule has 0 spiro atoms. The highest BCUT2D eigenvalue weighted by Crippen LogP contribution is 2.14. The highest BCUT2D eigenvalue weighted by molar-refractivity contribution is 4.75. The number of rotatable bonds is 6. The van der Waals surface area contributed by atoms with Gasteiger partial charge < -0.3 is 10.2 Å². The van der Waals surface area contributed by atoms with E-state index in [0.717, 1.165) is 12.0 Å². The molecule has 1 fully saturated rings. The van der Waals surface area contributed by atoms with Crippen LogP contribution in [0.4, 0.5) is 0 Å². The van der Waals surface area contributed by atoms with Crippen molar-refractivity contribution in [1.82, 2.24) is 10.2 Å². The second kappa shape index (κ2) is 7.24. The number of piperidine rings is 1. The van der Waals surface area contributed by atoms with E-state index in [1.165, 1.54) is 51.7 Å². The van der Waals surface area contributed by atoms with E-state index in [1.807, 2.05) is 0 Å². The van der Waals surface area contributed by atoms with Gasteiger partial charge in [0.25, 0.3) is 0 Å². The molecule has 1 aliphatic rings. The summed E-state index contributed by atoms with van der Waals surface area (Å²) in [4.78, 5) is 2.58. The van der Waals surface area contributed by atoms with Crippen LogP contribution in [0.3, 0.4) is 0 Å². The van der Waals surface area contributed by atoms with Crippen LogP contribution in [0.1, 0.15) is 46.0 Å². The molecule has 1 rings (SSSR count). The molecule has 0 saturated carbocycles. The van der Waals surface area contributed by atoms with Crippen molar-refractivity contribution in [2.45, 2.75) is 52.0 Å². The van der Waals surface area contributed by atoms with Crippen molar-refractivity contribution in [3.05, 3.63) is 0 Å². The second-order valence-corrected chi connectivity index (χ2v) is 5.14. The van der Waals surface area contributed by atoms with Gasteiger partial charge in [0.1, 0.15) is 0 Å². The van der Waals surface area contributed by atoms with Gasteiger partial charge in [-0.25, -0.2) is 0 Å². The summed E-state index contributed by atoms with van der Waals surface area (Å²) in [5.74, 6) is 0.902. The molecule has 1 heterocycles. The third kappa shape index (κ3) is 4.98. The number of nitrogens with zero attached hydrogens (tertiary/aromatic N) is 1. The summed E-state index contributed by atoms with van der Waals surface area (Å²) in [6.07, 6.45) is 6.75. The molecular weight excluding hydrogens is 184 g/mol. The molecule has 0 radical (unpaired) electrons. The maximum absolute atomic E-state index is 3.43. The summed E-state index contributed by atoms with van der Waals surface area (Å²) in [7, 11) is 2.30. The van der Waals surface area contributed by atoms with Crippen molar-refractivity contribution in [1.29, 1.82) is 0 Å². The van der Waals surface area contributed by atoms with Crippen molar-refractivity contribution in [2.75, 3.05) is 26.7 Å². The van der Waals surface area contributed by atoms with Crippen LogP contribution in [0, 0.1) is 5.92 Å². The van der Waals surface area contributed by atoms with E-state index < -0.39 is 0 Å². The molecule has 1 saturated heterocycles. The molecule has 90 valence electrons. The van der Waals surface area contributed by atoms with E-state index in [-0.39, 0.29) is 0 Å². The van der Waals surface area contributed by atoms with Crippen LogP contribution in [0.25, 0.3) is 0 Å². The van der Waals surface area contributed by atoms with Gasteiger partial charge in [0, 0.05) is 6.04 Å². The first kappa shape index (κ1) is 13.0. The molecule has 15 heavy (non-hydrogen) atoms. The Labute approximate surface area is 95.4 Å². The van der Waals surface area contributed by atoms with Gasteiger partial charge in [-0.3, -0.25) is 0 Å². The lowest BCUT2D eigenvalue weighted by molar-refractivity contribution is 0.187. The van der Waals surface area contributed by atoms with Crippen molar-refractivity contribution < 1.29 is 0 Å². The minimum absolute atomic E-state index is 0.833. The van der Waals surface area contributed by atoms with Crippen molar-refractivity contribution >= 4 is 0 Å². The fourth-order valence-electron chi connectivity index (χ4n) is 2.49. The predicted molar refractivity (Wildman–Crippen MR) is 67.2 cm³/mol. The van der Waals surface area contributed by atoms with E-state index in [9.17, 15) is 0 Å². The highest BCUT2D eigenvalue weighted by Gasteiger charge is 2.17. The maximum Gasteiger partial charge on any atom is 0.0116 e. The number of hydrogen-bond donors (Lipinski definition) is 1. The summed E-state index contributed by atoms with van der Waals surface area (Å²) >= 11 is 0. The lowest BCUT2D eigenvalue weighted by Gasteiger charge is -2.32. The number of nitrogens with one attached hydrogen (secondary N) is 1. The summed E-state index contributed by atoms with van der Waals surface area (Å²) in [5.41, 5.74) is 0. The van der Waals surface area contributed by atoms with E-state index in [0.29, 0.717) is 0 Å². The van der Waals surface area contributed by atoms with Gasteiger partial charge in [-0.1, -0.05) is 26.7 Å². The third-order valence-electron chi connectivity index (χ3n) is 3.69. The van der Waals surface area contributed by atoms with Crippen LogP contribution < -0.4 is 5.32 Å². The van der Waals surface area contributed by atoms with Crippen LogP contribution in [-0.4, -0.2) is 37.6 Å². The Balaban J connectivity index is 2.13. The minimum atomic E-state index is 0.833. The zero-order chi connectivity index (χ0) is 11.1. The topological polar surface area (TPSA) is 15.3 Å². The first-order valence-corrected chi connectivity index (χ1v) is 6.65. The maximum atomic E-state index is 3.43. The summed E-state index contributed by atoms with van der Waals surface area (Å²) in [6, 6.07) is 0.833. The Morgan fingerprint density at radius 2 is 1.93 bits per heavy atom. The molecule has 1 aliphatic heterocycles. The highest BCUT2D eigenvalue weighted by atomic mass is 15.1. The van der Waals surface area contributed by atoms with Gasteiger partial charge in [0.15, 0.2) is 0 Å². The van der Waals surface area contributed by atoms with Gasteiger partial charge in [-0.2, -0.15) is 0 Å². The SMILES string of the molecule is CCCC(C)CCN(C)C1CCNCC1. The molecule has 0 bridgehead atoms. The Hall–Kier alpha value is -0.0800. The van der Waals surface area contributed by atoms with Gasteiger partial charge in [0.05, 0.1) is 0 Å². The van der Waals surface area contributed by atoms with Crippen LogP contribution in [0.15, 0.2) is 0 Å². The van der Waals surface area contributed by atoms with Crippen LogP contribution >= 0.6 is 0 Å². The molecule has 2 nitrogen and oxygen atoms in total. The lowest BCUT2D eigenvalue weighted by atomic mass is 10.0. The fraction of sp³-hybridized carbons (Fsp3) is 1.00. The molecule has 0 amide bonds. The van der Waals surface area contributed by atoms with Gasteiger partial charge >= 0.3 is 0 Å². The van der Waals surface area contributed by atoms with E-state index in [1.54, 1.807) is 0 Å². The van der Waals surface area contributed by atoms with Crippen LogP contribution in [-0.2, 0) is 0 Å². The molecule has 0 aromatic rings. The molecule has 0 aromatic heterocycles. The van der Waals surface area contributed by atoms with Gasteiger partial charge in [0.2, 0.25) is 0 Å². The standard InChI is InChI=1S/C13H28N2/c1-4-5-12(2)8-11-15(3)13-6-9-14-10-7-13/h12-14H,4-11H2,1-3H3. The molecular formula is C13H28N2. The Bertz CT molecular complexity index is 153. The van der Waals surface area contributed by atoms with Crippen molar-refractivity contribution in [3.8, 4) is 0 Å².